The molecule has 1 amide bonds. The molecule has 3 heterocycles. The van der Waals surface area contributed by atoms with Crippen molar-refractivity contribution < 1.29 is 9.21 Å². The fraction of sp³-hybridized carbons (Fsp3) is 0.588. The van der Waals surface area contributed by atoms with Gasteiger partial charge in [0.25, 0.3) is 0 Å². The summed E-state index contributed by atoms with van der Waals surface area (Å²) in [4.78, 5) is 16.6. The molecule has 2 aliphatic rings. The molecule has 2 N–H and O–H groups in total. The summed E-state index contributed by atoms with van der Waals surface area (Å²) in [5, 5.41) is 0. The van der Waals surface area contributed by atoms with Crippen LogP contribution in [0.4, 0.5) is 0 Å². The lowest BCUT2D eigenvalue weighted by atomic mass is 9.83. The molecule has 1 aromatic rings. The van der Waals surface area contributed by atoms with Crippen LogP contribution < -0.4 is 5.73 Å². The van der Waals surface area contributed by atoms with Gasteiger partial charge in [-0.1, -0.05) is 6.08 Å². The summed E-state index contributed by atoms with van der Waals surface area (Å²) < 4.78 is 5.30. The van der Waals surface area contributed by atoms with Gasteiger partial charge in [0, 0.05) is 45.2 Å². The molecular formula is C17H27Cl2N3O2. The fourth-order valence-electron chi connectivity index (χ4n) is 3.73. The maximum Gasteiger partial charge on any atom is 0.222 e. The van der Waals surface area contributed by atoms with Gasteiger partial charge in [-0.3, -0.25) is 9.69 Å². The quantitative estimate of drug-likeness (QED) is 0.857. The maximum absolute atomic E-state index is 12.1. The second kappa shape index (κ2) is 10.1. The Labute approximate surface area is 156 Å². The van der Waals surface area contributed by atoms with Crippen LogP contribution in [-0.2, 0) is 4.79 Å². The summed E-state index contributed by atoms with van der Waals surface area (Å²) in [6.07, 6.45) is 8.63. The van der Waals surface area contributed by atoms with Crippen molar-refractivity contribution in [2.24, 2.45) is 11.7 Å². The number of hydrogen-bond donors (Lipinski definition) is 1. The number of hydrogen-bond acceptors (Lipinski definition) is 4. The SMILES string of the molecule is Cl.Cl.NCCN1C(=O)CC[C@H]2CN(CC=Cc3ccco3)CC[C@H]21. The van der Waals surface area contributed by atoms with Crippen molar-refractivity contribution in [1.29, 1.82) is 0 Å². The summed E-state index contributed by atoms with van der Waals surface area (Å²) in [6, 6.07) is 4.26. The van der Waals surface area contributed by atoms with Crippen LogP contribution in [0.1, 0.15) is 25.0 Å². The van der Waals surface area contributed by atoms with Gasteiger partial charge >= 0.3 is 0 Å². The molecule has 0 unspecified atom stereocenters. The van der Waals surface area contributed by atoms with E-state index in [4.69, 9.17) is 10.2 Å². The molecule has 0 radical (unpaired) electrons. The number of nitrogens with two attached hydrogens (primary N) is 1. The third-order valence-electron chi connectivity index (χ3n) is 4.79. The molecule has 0 spiro atoms. The average molecular weight is 376 g/mol. The van der Waals surface area contributed by atoms with E-state index in [1.165, 1.54) is 0 Å². The zero-order chi connectivity index (χ0) is 15.4. The van der Waals surface area contributed by atoms with E-state index in [9.17, 15) is 4.79 Å². The number of amides is 1. The van der Waals surface area contributed by atoms with Crippen molar-refractivity contribution in [2.45, 2.75) is 25.3 Å². The highest BCUT2D eigenvalue weighted by molar-refractivity contribution is 5.85. The largest absolute Gasteiger partial charge is 0.465 e. The first-order valence-electron chi connectivity index (χ1n) is 8.20. The summed E-state index contributed by atoms with van der Waals surface area (Å²) in [6.45, 7) is 4.32. The molecule has 1 aromatic heterocycles. The second-order valence-electron chi connectivity index (χ2n) is 6.21. The molecule has 24 heavy (non-hydrogen) atoms. The van der Waals surface area contributed by atoms with Gasteiger partial charge < -0.3 is 15.1 Å². The first-order valence-corrected chi connectivity index (χ1v) is 8.20. The number of likely N-dealkylation sites (tertiary alicyclic amines) is 2. The molecule has 2 fully saturated rings. The van der Waals surface area contributed by atoms with Crippen LogP contribution in [0.25, 0.3) is 6.08 Å². The molecule has 2 aliphatic heterocycles. The Morgan fingerprint density at radius 2 is 2.17 bits per heavy atom. The molecule has 0 saturated carbocycles. The standard InChI is InChI=1S/C17H25N3O2.2ClH/c18-8-11-20-16-7-10-19(13-14(16)5-6-17(20)21)9-1-3-15-4-2-12-22-15;;/h1-4,12,14,16H,5-11,13,18H2;2*1H/t14-,16+;;/m0../s1. The normalized spacial score (nSPS) is 24.4. The van der Waals surface area contributed by atoms with E-state index in [1.807, 2.05) is 23.1 Å². The summed E-state index contributed by atoms with van der Waals surface area (Å²) in [7, 11) is 0. The van der Waals surface area contributed by atoms with Gasteiger partial charge in [0.15, 0.2) is 0 Å². The molecule has 5 nitrogen and oxygen atoms in total. The Morgan fingerprint density at radius 3 is 2.88 bits per heavy atom. The fourth-order valence-corrected chi connectivity index (χ4v) is 3.73. The number of halogens is 2. The molecular weight excluding hydrogens is 349 g/mol. The first kappa shape index (κ1) is 21.0. The van der Waals surface area contributed by atoms with Gasteiger partial charge in [0.2, 0.25) is 5.91 Å². The summed E-state index contributed by atoms with van der Waals surface area (Å²) >= 11 is 0. The molecule has 3 rings (SSSR count). The third-order valence-corrected chi connectivity index (χ3v) is 4.79. The molecule has 7 heteroatoms. The highest BCUT2D eigenvalue weighted by Crippen LogP contribution is 2.30. The van der Waals surface area contributed by atoms with Crippen LogP contribution in [0.2, 0.25) is 0 Å². The van der Waals surface area contributed by atoms with Crippen molar-refractivity contribution >= 4 is 36.8 Å². The van der Waals surface area contributed by atoms with Gasteiger partial charge in [-0.25, -0.2) is 0 Å². The minimum absolute atomic E-state index is 0. The second-order valence-corrected chi connectivity index (χ2v) is 6.21. The number of carbonyl (C=O) groups is 1. The number of piperidine rings is 2. The number of furan rings is 1. The Hall–Kier alpha value is -1.01. The highest BCUT2D eigenvalue weighted by Gasteiger charge is 2.38. The Balaban J connectivity index is 0.00000144. The molecule has 0 aliphatic carbocycles. The van der Waals surface area contributed by atoms with Gasteiger partial charge in [0.05, 0.1) is 6.26 Å². The number of fused-ring (bicyclic) bond motifs is 1. The van der Waals surface area contributed by atoms with Crippen molar-refractivity contribution in [3.63, 3.8) is 0 Å². The van der Waals surface area contributed by atoms with E-state index in [-0.39, 0.29) is 30.7 Å². The van der Waals surface area contributed by atoms with Crippen molar-refractivity contribution in [2.75, 3.05) is 32.7 Å². The third kappa shape index (κ3) is 4.99. The zero-order valence-electron chi connectivity index (χ0n) is 13.8. The Morgan fingerprint density at radius 1 is 1.33 bits per heavy atom. The highest BCUT2D eigenvalue weighted by atomic mass is 35.5. The van der Waals surface area contributed by atoms with Crippen LogP contribution in [0, 0.1) is 5.92 Å². The van der Waals surface area contributed by atoms with E-state index in [0.29, 0.717) is 31.5 Å². The lowest BCUT2D eigenvalue weighted by Crippen LogP contribution is -2.56. The van der Waals surface area contributed by atoms with Gasteiger partial charge in [-0.2, -0.15) is 0 Å². The summed E-state index contributed by atoms with van der Waals surface area (Å²) in [5.41, 5.74) is 5.66. The number of nitrogens with zero attached hydrogens (tertiary/aromatic N) is 2. The average Bonchev–Trinajstić information content (AvgIpc) is 3.04. The van der Waals surface area contributed by atoms with Gasteiger partial charge in [0.1, 0.15) is 5.76 Å². The number of carbonyl (C=O) groups excluding carboxylic acids is 1. The monoisotopic (exact) mass is 375 g/mol. The summed E-state index contributed by atoms with van der Waals surface area (Å²) in [5.74, 6) is 1.78. The van der Waals surface area contributed by atoms with E-state index in [1.54, 1.807) is 6.26 Å². The van der Waals surface area contributed by atoms with E-state index < -0.39 is 0 Å². The van der Waals surface area contributed by atoms with E-state index >= 15 is 0 Å². The van der Waals surface area contributed by atoms with Crippen LogP contribution in [0.3, 0.4) is 0 Å². The molecule has 0 bridgehead atoms. The smallest absolute Gasteiger partial charge is 0.222 e. The molecule has 136 valence electrons. The van der Waals surface area contributed by atoms with Crippen LogP contribution >= 0.6 is 24.8 Å². The van der Waals surface area contributed by atoms with E-state index in [2.05, 4.69) is 11.0 Å². The van der Waals surface area contributed by atoms with E-state index in [0.717, 1.165) is 38.2 Å². The lowest BCUT2D eigenvalue weighted by molar-refractivity contribution is -0.140. The molecule has 2 atom stereocenters. The first-order chi connectivity index (χ1) is 10.8. The maximum atomic E-state index is 12.1. The van der Waals surface area contributed by atoms with Crippen molar-refractivity contribution in [3.05, 3.63) is 30.2 Å². The Kier molecular flexibility index (Phi) is 8.84. The molecule has 2 saturated heterocycles. The minimum Gasteiger partial charge on any atom is -0.465 e. The molecule has 0 aromatic carbocycles. The predicted molar refractivity (Wildman–Crippen MR) is 101 cm³/mol. The van der Waals surface area contributed by atoms with Crippen LogP contribution in [-0.4, -0.2) is 54.5 Å². The lowest BCUT2D eigenvalue weighted by Gasteiger charge is -2.47. The van der Waals surface area contributed by atoms with Crippen molar-refractivity contribution in [3.8, 4) is 0 Å². The van der Waals surface area contributed by atoms with Gasteiger partial charge in [-0.05, 0) is 37.0 Å². The Bertz CT molecular complexity index is 522. The topological polar surface area (TPSA) is 62.7 Å². The van der Waals surface area contributed by atoms with Gasteiger partial charge in [-0.15, -0.1) is 24.8 Å². The number of rotatable bonds is 5. The van der Waals surface area contributed by atoms with Crippen molar-refractivity contribution in [1.82, 2.24) is 9.80 Å². The predicted octanol–water partition coefficient (Wildman–Crippen LogP) is 2.41. The zero-order valence-corrected chi connectivity index (χ0v) is 15.4. The van der Waals surface area contributed by atoms with Crippen LogP contribution in [0.5, 0.6) is 0 Å². The minimum atomic E-state index is 0. The van der Waals surface area contributed by atoms with Crippen LogP contribution in [0.15, 0.2) is 28.9 Å².